The number of carboxylic acids is 1. The number of hydrogen-bond donors (Lipinski definition) is 3. The predicted octanol–water partition coefficient (Wildman–Crippen LogP) is 2.62. The highest BCUT2D eigenvalue weighted by Crippen LogP contribution is 2.19. The maximum atomic E-state index is 12.0. The number of nitrogens with one attached hydrogen (secondary N) is 1. The minimum absolute atomic E-state index is 0.0749. The molecule has 0 unspecified atom stereocenters. The van der Waals surface area contributed by atoms with Crippen LogP contribution in [0.25, 0.3) is 0 Å². The second-order valence-corrected chi connectivity index (χ2v) is 5.59. The number of amides is 1. The number of carbonyl (C=O) groups excluding carboxylic acids is 1. The van der Waals surface area contributed by atoms with Crippen LogP contribution in [0.3, 0.4) is 0 Å². The summed E-state index contributed by atoms with van der Waals surface area (Å²) in [5.74, 6) is -1.45. The van der Waals surface area contributed by atoms with E-state index in [1.54, 1.807) is 24.3 Å². The van der Waals surface area contributed by atoms with Gasteiger partial charge in [-0.05, 0) is 58.5 Å². The second kappa shape index (κ2) is 6.57. The van der Waals surface area contributed by atoms with Gasteiger partial charge in [0, 0.05) is 10.1 Å². The molecule has 3 N–H and O–H groups in total. The minimum Gasteiger partial charge on any atom is -0.507 e. The molecule has 0 radical (unpaired) electrons. The highest BCUT2D eigenvalue weighted by molar-refractivity contribution is 14.1. The first-order valence-electron chi connectivity index (χ1n) is 6.06. The van der Waals surface area contributed by atoms with E-state index in [4.69, 9.17) is 5.11 Å². The van der Waals surface area contributed by atoms with Gasteiger partial charge in [0.15, 0.2) is 0 Å². The van der Waals surface area contributed by atoms with Crippen LogP contribution in [0.2, 0.25) is 0 Å². The van der Waals surface area contributed by atoms with Gasteiger partial charge in [0.25, 0.3) is 5.91 Å². The fourth-order valence-corrected chi connectivity index (χ4v) is 2.22. The van der Waals surface area contributed by atoms with Crippen LogP contribution in [-0.2, 0) is 6.54 Å². The van der Waals surface area contributed by atoms with E-state index >= 15 is 0 Å². The maximum Gasteiger partial charge on any atom is 0.335 e. The van der Waals surface area contributed by atoms with Crippen LogP contribution in [0.4, 0.5) is 0 Å². The summed E-state index contributed by atoms with van der Waals surface area (Å²) >= 11 is 2.06. The van der Waals surface area contributed by atoms with Crippen molar-refractivity contribution in [3.63, 3.8) is 0 Å². The Balaban J connectivity index is 2.04. The van der Waals surface area contributed by atoms with E-state index in [-0.39, 0.29) is 29.3 Å². The van der Waals surface area contributed by atoms with Gasteiger partial charge in [-0.15, -0.1) is 0 Å². The number of phenols is 1. The van der Waals surface area contributed by atoms with E-state index in [1.165, 1.54) is 18.2 Å². The summed E-state index contributed by atoms with van der Waals surface area (Å²) in [6.07, 6.45) is 0. The smallest absolute Gasteiger partial charge is 0.335 e. The number of rotatable bonds is 4. The van der Waals surface area contributed by atoms with Gasteiger partial charge >= 0.3 is 5.97 Å². The summed E-state index contributed by atoms with van der Waals surface area (Å²) in [6.45, 7) is 0.254. The molecule has 0 aliphatic rings. The van der Waals surface area contributed by atoms with Gasteiger partial charge in [0.1, 0.15) is 5.75 Å². The number of aromatic carboxylic acids is 1. The third kappa shape index (κ3) is 3.94. The molecule has 2 aromatic rings. The maximum absolute atomic E-state index is 12.0. The highest BCUT2D eigenvalue weighted by atomic mass is 127. The van der Waals surface area contributed by atoms with Crippen LogP contribution < -0.4 is 5.32 Å². The summed E-state index contributed by atoms with van der Waals surface area (Å²) in [4.78, 5) is 22.7. The lowest BCUT2D eigenvalue weighted by Crippen LogP contribution is -2.23. The first kappa shape index (κ1) is 15.3. The summed E-state index contributed by atoms with van der Waals surface area (Å²) in [5.41, 5.74) is 1.18. The summed E-state index contributed by atoms with van der Waals surface area (Å²) in [7, 11) is 0. The van der Waals surface area contributed by atoms with E-state index in [1.807, 2.05) is 0 Å². The van der Waals surface area contributed by atoms with E-state index in [0.29, 0.717) is 0 Å². The highest BCUT2D eigenvalue weighted by Gasteiger charge is 2.11. The second-order valence-electron chi connectivity index (χ2n) is 4.35. The Morgan fingerprint density at radius 1 is 1.10 bits per heavy atom. The lowest BCUT2D eigenvalue weighted by Gasteiger charge is -2.07. The topological polar surface area (TPSA) is 86.6 Å². The Bertz CT molecular complexity index is 683. The number of halogens is 1. The van der Waals surface area contributed by atoms with Crippen molar-refractivity contribution in [1.29, 1.82) is 0 Å². The van der Waals surface area contributed by atoms with Gasteiger partial charge in [-0.3, -0.25) is 4.79 Å². The Morgan fingerprint density at radius 2 is 1.76 bits per heavy atom. The van der Waals surface area contributed by atoms with Gasteiger partial charge in [-0.2, -0.15) is 0 Å². The van der Waals surface area contributed by atoms with Crippen LogP contribution in [0.15, 0.2) is 42.5 Å². The van der Waals surface area contributed by atoms with Gasteiger partial charge in [-0.1, -0.05) is 12.1 Å². The first-order chi connectivity index (χ1) is 9.97. The van der Waals surface area contributed by atoms with Crippen molar-refractivity contribution in [2.24, 2.45) is 0 Å². The zero-order valence-corrected chi connectivity index (χ0v) is 13.0. The normalized spacial score (nSPS) is 10.1. The first-order valence-corrected chi connectivity index (χ1v) is 7.14. The van der Waals surface area contributed by atoms with E-state index in [2.05, 4.69) is 27.9 Å². The SMILES string of the molecule is O=C(O)c1ccc(CNC(=O)c2cc(I)ccc2O)cc1. The van der Waals surface area contributed by atoms with Crippen molar-refractivity contribution in [2.75, 3.05) is 0 Å². The lowest BCUT2D eigenvalue weighted by molar-refractivity contribution is 0.0696. The number of aromatic hydroxyl groups is 1. The predicted molar refractivity (Wildman–Crippen MR) is 85.4 cm³/mol. The molecule has 21 heavy (non-hydrogen) atoms. The Labute approximate surface area is 134 Å². The molecular formula is C15H12INO4. The molecule has 2 rings (SSSR count). The molecule has 108 valence electrons. The van der Waals surface area contributed by atoms with Crippen molar-refractivity contribution in [3.8, 4) is 5.75 Å². The van der Waals surface area contributed by atoms with Crippen LogP contribution in [-0.4, -0.2) is 22.1 Å². The third-order valence-electron chi connectivity index (χ3n) is 2.86. The zero-order chi connectivity index (χ0) is 15.4. The number of hydrogen-bond acceptors (Lipinski definition) is 3. The molecular weight excluding hydrogens is 385 g/mol. The largest absolute Gasteiger partial charge is 0.507 e. The molecule has 0 saturated heterocycles. The molecule has 0 bridgehead atoms. The molecule has 0 aromatic heterocycles. The number of carboxylic acid groups (broad SMARTS) is 1. The number of benzene rings is 2. The molecule has 5 nitrogen and oxygen atoms in total. The number of carbonyl (C=O) groups is 2. The molecule has 0 heterocycles. The van der Waals surface area contributed by atoms with E-state index in [9.17, 15) is 14.7 Å². The molecule has 6 heteroatoms. The number of phenolic OH excluding ortho intramolecular Hbond substituents is 1. The molecule has 0 atom stereocenters. The fourth-order valence-electron chi connectivity index (χ4n) is 1.73. The fraction of sp³-hybridized carbons (Fsp3) is 0.0667. The minimum atomic E-state index is -0.991. The van der Waals surface area contributed by atoms with Gasteiger partial charge in [0.2, 0.25) is 0 Å². The van der Waals surface area contributed by atoms with Crippen molar-refractivity contribution in [3.05, 3.63) is 62.7 Å². The van der Waals surface area contributed by atoms with Crippen molar-refractivity contribution >= 4 is 34.5 Å². The quantitative estimate of drug-likeness (QED) is 0.693. The third-order valence-corrected chi connectivity index (χ3v) is 3.53. The van der Waals surface area contributed by atoms with Crippen LogP contribution >= 0.6 is 22.6 Å². The van der Waals surface area contributed by atoms with Crippen LogP contribution in [0, 0.1) is 3.57 Å². The molecule has 0 fully saturated rings. The van der Waals surface area contributed by atoms with Crippen LogP contribution in [0.5, 0.6) is 5.75 Å². The van der Waals surface area contributed by atoms with Crippen molar-refractivity contribution < 1.29 is 19.8 Å². The zero-order valence-electron chi connectivity index (χ0n) is 10.8. The van der Waals surface area contributed by atoms with E-state index < -0.39 is 5.97 Å². The Morgan fingerprint density at radius 3 is 2.38 bits per heavy atom. The van der Waals surface area contributed by atoms with Crippen LogP contribution in [0.1, 0.15) is 26.3 Å². The molecule has 0 aliphatic carbocycles. The van der Waals surface area contributed by atoms with Crippen molar-refractivity contribution in [1.82, 2.24) is 5.32 Å². The standard InChI is InChI=1S/C15H12INO4/c16-11-5-6-13(18)12(7-11)14(19)17-8-9-1-3-10(4-2-9)15(20)21/h1-7,18H,8H2,(H,17,19)(H,20,21). The Kier molecular flexibility index (Phi) is 4.79. The molecule has 0 spiro atoms. The monoisotopic (exact) mass is 397 g/mol. The lowest BCUT2D eigenvalue weighted by atomic mass is 10.1. The average Bonchev–Trinajstić information content (AvgIpc) is 2.47. The summed E-state index contributed by atoms with van der Waals surface area (Å²) in [6, 6.07) is 11.0. The Hall–Kier alpha value is -2.09. The van der Waals surface area contributed by atoms with Gasteiger partial charge in [-0.25, -0.2) is 4.79 Å². The summed E-state index contributed by atoms with van der Waals surface area (Å²) < 4.78 is 0.848. The van der Waals surface area contributed by atoms with Gasteiger partial charge < -0.3 is 15.5 Å². The molecule has 2 aromatic carbocycles. The summed E-state index contributed by atoms with van der Waals surface area (Å²) in [5, 5.41) is 21.2. The molecule has 0 aliphatic heterocycles. The molecule has 0 saturated carbocycles. The molecule has 1 amide bonds. The van der Waals surface area contributed by atoms with E-state index in [0.717, 1.165) is 9.13 Å². The van der Waals surface area contributed by atoms with Crippen molar-refractivity contribution in [2.45, 2.75) is 6.54 Å². The van der Waals surface area contributed by atoms with Gasteiger partial charge in [0.05, 0.1) is 11.1 Å². The average molecular weight is 397 g/mol.